The van der Waals surface area contributed by atoms with Crippen LogP contribution in [0.1, 0.15) is 62.0 Å². The number of hydrogen-bond acceptors (Lipinski definition) is 2. The maximum Gasteiger partial charge on any atom is 0.0921 e. The van der Waals surface area contributed by atoms with Crippen molar-refractivity contribution >= 4 is 0 Å². The fourth-order valence-electron chi connectivity index (χ4n) is 3.47. The lowest BCUT2D eigenvalue weighted by Crippen LogP contribution is -2.35. The van der Waals surface area contributed by atoms with Crippen LogP contribution in [0.4, 0.5) is 0 Å². The first-order chi connectivity index (χ1) is 9.21. The second kappa shape index (κ2) is 5.26. The molecule has 0 aliphatic heterocycles. The summed E-state index contributed by atoms with van der Waals surface area (Å²) >= 11 is 0. The molecule has 3 rings (SSSR count). The molecule has 104 valence electrons. The first kappa shape index (κ1) is 13.1. The second-order valence-electron chi connectivity index (χ2n) is 6.24. The smallest absolute Gasteiger partial charge is 0.0921 e. The van der Waals surface area contributed by atoms with Crippen LogP contribution in [-0.4, -0.2) is 18.3 Å². The molecule has 2 saturated carbocycles. The zero-order valence-electron chi connectivity index (χ0n) is 11.8. The molecule has 2 atom stereocenters. The summed E-state index contributed by atoms with van der Waals surface area (Å²) in [6.07, 6.45) is 7.92. The van der Waals surface area contributed by atoms with Crippen LogP contribution in [0.25, 0.3) is 0 Å². The van der Waals surface area contributed by atoms with Gasteiger partial charge in [0.15, 0.2) is 0 Å². The number of aliphatic hydroxyl groups is 1. The molecule has 2 aliphatic carbocycles. The summed E-state index contributed by atoms with van der Waals surface area (Å²) in [5.74, 6) is 0.766. The van der Waals surface area contributed by atoms with Crippen molar-refractivity contribution in [3.05, 3.63) is 35.4 Å². The topological polar surface area (TPSA) is 29.5 Å². The molecule has 2 fully saturated rings. The van der Waals surface area contributed by atoms with Gasteiger partial charge in [-0.2, -0.15) is 0 Å². The Bertz CT molecular complexity index is 421. The van der Waals surface area contributed by atoms with Gasteiger partial charge in [0, 0.05) is 13.5 Å². The molecule has 0 saturated heterocycles. The van der Waals surface area contributed by atoms with Gasteiger partial charge in [0.05, 0.1) is 11.7 Å². The second-order valence-corrected chi connectivity index (χ2v) is 6.24. The summed E-state index contributed by atoms with van der Waals surface area (Å²) in [5, 5.41) is 10.9. The number of benzene rings is 1. The molecule has 0 amide bonds. The largest absolute Gasteiger partial charge is 0.385 e. The minimum Gasteiger partial charge on any atom is -0.385 e. The van der Waals surface area contributed by atoms with Crippen LogP contribution in [0.5, 0.6) is 0 Å². The molecule has 0 spiro atoms. The number of methoxy groups -OCH3 is 1. The van der Waals surface area contributed by atoms with Gasteiger partial charge < -0.3 is 9.84 Å². The van der Waals surface area contributed by atoms with E-state index >= 15 is 0 Å². The van der Waals surface area contributed by atoms with Crippen LogP contribution in [-0.2, 0) is 10.3 Å². The lowest BCUT2D eigenvalue weighted by Gasteiger charge is -2.37. The van der Waals surface area contributed by atoms with E-state index in [1.165, 1.54) is 24.8 Å². The van der Waals surface area contributed by atoms with E-state index < -0.39 is 5.60 Å². The van der Waals surface area contributed by atoms with Crippen molar-refractivity contribution in [2.75, 3.05) is 7.11 Å². The van der Waals surface area contributed by atoms with Crippen LogP contribution >= 0.6 is 0 Å². The molecule has 0 radical (unpaired) electrons. The van der Waals surface area contributed by atoms with E-state index in [0.29, 0.717) is 0 Å². The Morgan fingerprint density at radius 3 is 2.42 bits per heavy atom. The molecular formula is C17H24O2. The van der Waals surface area contributed by atoms with Gasteiger partial charge in [-0.05, 0) is 49.1 Å². The predicted molar refractivity (Wildman–Crippen MR) is 76.2 cm³/mol. The molecule has 0 aromatic heterocycles. The fraction of sp³-hybridized carbons (Fsp3) is 0.647. The van der Waals surface area contributed by atoms with Crippen molar-refractivity contribution in [3.8, 4) is 0 Å². The molecule has 2 heteroatoms. The average Bonchev–Trinajstić information content (AvgIpc) is 2.37. The normalized spacial score (nSPS) is 32.0. The van der Waals surface area contributed by atoms with Crippen molar-refractivity contribution in [2.45, 2.75) is 62.6 Å². The number of rotatable bonds is 3. The van der Waals surface area contributed by atoms with Gasteiger partial charge in [0.1, 0.15) is 0 Å². The van der Waals surface area contributed by atoms with Crippen molar-refractivity contribution in [3.63, 3.8) is 0 Å². The summed E-state index contributed by atoms with van der Waals surface area (Å²) in [6, 6.07) is 8.69. The molecular weight excluding hydrogens is 236 g/mol. The highest BCUT2D eigenvalue weighted by Gasteiger charge is 2.36. The quantitative estimate of drug-likeness (QED) is 0.897. The SMILES string of the molecule is COC1CCCC(O)(c2ccc(C3CCC3)cc2)C1. The standard InChI is InChI=1S/C17H24O2/c1-19-16-6-3-11-17(18,12-16)15-9-7-14(8-10-15)13-4-2-5-13/h7-10,13,16,18H,2-6,11-12H2,1H3. The highest BCUT2D eigenvalue weighted by atomic mass is 16.5. The molecule has 2 nitrogen and oxygen atoms in total. The fourth-order valence-corrected chi connectivity index (χ4v) is 3.47. The maximum atomic E-state index is 10.9. The first-order valence-electron chi connectivity index (χ1n) is 7.57. The molecule has 1 aromatic rings. The van der Waals surface area contributed by atoms with Crippen LogP contribution in [0, 0.1) is 0 Å². The Morgan fingerprint density at radius 1 is 1.11 bits per heavy atom. The Kier molecular flexibility index (Phi) is 3.64. The summed E-state index contributed by atoms with van der Waals surface area (Å²) in [4.78, 5) is 0. The molecule has 2 unspecified atom stereocenters. The minimum absolute atomic E-state index is 0.199. The summed E-state index contributed by atoms with van der Waals surface area (Å²) in [7, 11) is 1.75. The van der Waals surface area contributed by atoms with Crippen LogP contribution in [0.3, 0.4) is 0 Å². The van der Waals surface area contributed by atoms with E-state index in [1.807, 2.05) is 0 Å². The average molecular weight is 260 g/mol. The van der Waals surface area contributed by atoms with Crippen molar-refractivity contribution in [1.82, 2.24) is 0 Å². The maximum absolute atomic E-state index is 10.9. The van der Waals surface area contributed by atoms with Gasteiger partial charge in [0.2, 0.25) is 0 Å². The monoisotopic (exact) mass is 260 g/mol. The van der Waals surface area contributed by atoms with E-state index in [4.69, 9.17) is 4.74 Å². The molecule has 19 heavy (non-hydrogen) atoms. The first-order valence-corrected chi connectivity index (χ1v) is 7.57. The Morgan fingerprint density at radius 2 is 1.84 bits per heavy atom. The van der Waals surface area contributed by atoms with Gasteiger partial charge in [-0.3, -0.25) is 0 Å². The van der Waals surface area contributed by atoms with Crippen molar-refractivity contribution in [1.29, 1.82) is 0 Å². The Balaban J connectivity index is 1.76. The van der Waals surface area contributed by atoms with E-state index in [9.17, 15) is 5.11 Å². The summed E-state index contributed by atoms with van der Waals surface area (Å²) < 4.78 is 5.44. The lowest BCUT2D eigenvalue weighted by atomic mass is 9.76. The molecule has 2 aliphatic rings. The van der Waals surface area contributed by atoms with Crippen LogP contribution < -0.4 is 0 Å². The third-order valence-corrected chi connectivity index (χ3v) is 5.04. The van der Waals surface area contributed by atoms with Crippen LogP contribution in [0.15, 0.2) is 24.3 Å². The molecule has 0 bridgehead atoms. The van der Waals surface area contributed by atoms with Crippen LogP contribution in [0.2, 0.25) is 0 Å². The van der Waals surface area contributed by atoms with E-state index in [0.717, 1.165) is 37.2 Å². The van der Waals surface area contributed by atoms with E-state index in [-0.39, 0.29) is 6.10 Å². The van der Waals surface area contributed by atoms with Crippen molar-refractivity contribution < 1.29 is 9.84 Å². The van der Waals surface area contributed by atoms with E-state index in [2.05, 4.69) is 24.3 Å². The Hall–Kier alpha value is -0.860. The third-order valence-electron chi connectivity index (χ3n) is 5.04. The van der Waals surface area contributed by atoms with Gasteiger partial charge in [-0.25, -0.2) is 0 Å². The highest BCUT2D eigenvalue weighted by Crippen LogP contribution is 2.40. The van der Waals surface area contributed by atoms with Gasteiger partial charge in [-0.1, -0.05) is 30.7 Å². The predicted octanol–water partition coefficient (Wildman–Crippen LogP) is 3.73. The number of hydrogen-bond donors (Lipinski definition) is 1. The minimum atomic E-state index is -0.683. The van der Waals surface area contributed by atoms with Gasteiger partial charge in [-0.15, -0.1) is 0 Å². The number of ether oxygens (including phenoxy) is 1. The third kappa shape index (κ3) is 2.56. The lowest BCUT2D eigenvalue weighted by molar-refractivity contribution is -0.0631. The zero-order chi connectivity index (χ0) is 13.3. The molecule has 0 heterocycles. The Labute approximate surface area is 115 Å². The summed E-state index contributed by atoms with van der Waals surface area (Å²) in [6.45, 7) is 0. The zero-order valence-corrected chi connectivity index (χ0v) is 11.8. The molecule has 1 aromatic carbocycles. The van der Waals surface area contributed by atoms with Gasteiger partial charge >= 0.3 is 0 Å². The highest BCUT2D eigenvalue weighted by molar-refractivity contribution is 5.30. The summed E-state index contributed by atoms with van der Waals surface area (Å²) in [5.41, 5.74) is 1.83. The van der Waals surface area contributed by atoms with Crippen molar-refractivity contribution in [2.24, 2.45) is 0 Å². The van der Waals surface area contributed by atoms with E-state index in [1.54, 1.807) is 7.11 Å². The molecule has 1 N–H and O–H groups in total. The van der Waals surface area contributed by atoms with Gasteiger partial charge in [0.25, 0.3) is 0 Å².